The van der Waals surface area contributed by atoms with E-state index < -0.39 is 0 Å². The number of aromatic nitrogens is 1. The van der Waals surface area contributed by atoms with E-state index in [1.807, 2.05) is 6.92 Å². The van der Waals surface area contributed by atoms with Crippen LogP contribution in [-0.2, 0) is 4.79 Å². The standard InChI is InChI=1S/C15H20N2OS/c1-10-9-19-15(16-10)14(12-6-7-12)17-13(18)8-11-4-2-3-5-11/h2,4,9,11-12,14H,3,5-8H2,1H3,(H,17,18)/t11-,14+/m0/s1. The second kappa shape index (κ2) is 5.45. The van der Waals surface area contributed by atoms with Gasteiger partial charge in [-0.2, -0.15) is 0 Å². The second-order valence-electron chi connectivity index (χ2n) is 5.68. The molecule has 102 valence electrons. The first-order chi connectivity index (χ1) is 9.22. The first-order valence-corrected chi connectivity index (χ1v) is 7.98. The molecule has 1 aromatic rings. The zero-order valence-corrected chi connectivity index (χ0v) is 12.1. The third-order valence-corrected chi connectivity index (χ3v) is 4.92. The lowest BCUT2D eigenvalue weighted by atomic mass is 10.0. The summed E-state index contributed by atoms with van der Waals surface area (Å²) in [6, 6.07) is 0.150. The second-order valence-corrected chi connectivity index (χ2v) is 6.57. The molecule has 3 rings (SSSR count). The molecule has 2 aliphatic rings. The number of aryl methyl sites for hydroxylation is 1. The minimum atomic E-state index is 0.150. The first kappa shape index (κ1) is 12.9. The lowest BCUT2D eigenvalue weighted by Crippen LogP contribution is -2.30. The van der Waals surface area contributed by atoms with Gasteiger partial charge in [-0.1, -0.05) is 12.2 Å². The molecular formula is C15H20N2OS. The summed E-state index contributed by atoms with van der Waals surface area (Å²) in [5.41, 5.74) is 1.05. The van der Waals surface area contributed by atoms with E-state index in [1.54, 1.807) is 11.3 Å². The third kappa shape index (κ3) is 3.24. The molecule has 1 saturated carbocycles. The molecular weight excluding hydrogens is 256 g/mol. The number of nitrogens with one attached hydrogen (secondary N) is 1. The van der Waals surface area contributed by atoms with Gasteiger partial charge in [0.25, 0.3) is 0 Å². The van der Waals surface area contributed by atoms with Gasteiger partial charge in [0.2, 0.25) is 5.91 Å². The molecule has 2 atom stereocenters. The summed E-state index contributed by atoms with van der Waals surface area (Å²) >= 11 is 1.67. The van der Waals surface area contributed by atoms with Crippen LogP contribution >= 0.6 is 11.3 Å². The molecule has 2 aliphatic carbocycles. The number of carbonyl (C=O) groups is 1. The molecule has 1 N–H and O–H groups in total. The molecule has 1 fully saturated rings. The van der Waals surface area contributed by atoms with Crippen molar-refractivity contribution >= 4 is 17.2 Å². The maximum atomic E-state index is 12.2. The number of amides is 1. The maximum Gasteiger partial charge on any atom is 0.221 e. The largest absolute Gasteiger partial charge is 0.347 e. The average molecular weight is 276 g/mol. The normalized spacial score (nSPS) is 23.5. The Morgan fingerprint density at radius 1 is 1.53 bits per heavy atom. The van der Waals surface area contributed by atoms with Crippen LogP contribution in [0.4, 0.5) is 0 Å². The Labute approximate surface area is 118 Å². The van der Waals surface area contributed by atoms with Crippen molar-refractivity contribution in [3.05, 3.63) is 28.2 Å². The molecule has 0 radical (unpaired) electrons. The molecule has 0 unspecified atom stereocenters. The fourth-order valence-electron chi connectivity index (χ4n) is 2.66. The van der Waals surface area contributed by atoms with Gasteiger partial charge in [0.05, 0.1) is 6.04 Å². The maximum absolute atomic E-state index is 12.2. The molecule has 0 aromatic carbocycles. The highest BCUT2D eigenvalue weighted by atomic mass is 32.1. The van der Waals surface area contributed by atoms with Gasteiger partial charge in [-0.3, -0.25) is 4.79 Å². The Hall–Kier alpha value is -1.16. The van der Waals surface area contributed by atoms with Crippen LogP contribution in [0.1, 0.15) is 48.8 Å². The van der Waals surface area contributed by atoms with Crippen molar-refractivity contribution in [2.45, 2.75) is 45.1 Å². The summed E-state index contributed by atoms with van der Waals surface area (Å²) in [5, 5.41) is 6.36. The van der Waals surface area contributed by atoms with Gasteiger partial charge in [-0.25, -0.2) is 4.98 Å². The summed E-state index contributed by atoms with van der Waals surface area (Å²) in [6.07, 6.45) is 9.66. The summed E-state index contributed by atoms with van der Waals surface area (Å²) in [5.74, 6) is 1.23. The van der Waals surface area contributed by atoms with Crippen LogP contribution in [0, 0.1) is 18.8 Å². The molecule has 0 aliphatic heterocycles. The SMILES string of the molecule is Cc1csc([C@H](NC(=O)C[C@H]2C=CCC2)C2CC2)n1. The predicted octanol–water partition coefficient (Wildman–Crippen LogP) is 3.38. The summed E-state index contributed by atoms with van der Waals surface area (Å²) < 4.78 is 0. The van der Waals surface area contributed by atoms with Crippen molar-refractivity contribution in [2.24, 2.45) is 11.8 Å². The highest BCUT2D eigenvalue weighted by Crippen LogP contribution is 2.42. The summed E-state index contributed by atoms with van der Waals surface area (Å²) in [4.78, 5) is 16.7. The van der Waals surface area contributed by atoms with Crippen molar-refractivity contribution in [1.82, 2.24) is 10.3 Å². The number of allylic oxidation sites excluding steroid dienone is 2. The van der Waals surface area contributed by atoms with E-state index in [9.17, 15) is 4.79 Å². The molecule has 4 heteroatoms. The molecule has 0 bridgehead atoms. The highest BCUT2D eigenvalue weighted by Gasteiger charge is 2.35. The van der Waals surface area contributed by atoms with Crippen molar-refractivity contribution in [1.29, 1.82) is 0 Å². The quantitative estimate of drug-likeness (QED) is 0.838. The number of hydrogen-bond donors (Lipinski definition) is 1. The lowest BCUT2D eigenvalue weighted by molar-refractivity contribution is -0.122. The molecule has 1 amide bonds. The Morgan fingerprint density at radius 2 is 2.37 bits per heavy atom. The molecule has 0 spiro atoms. The topological polar surface area (TPSA) is 42.0 Å². The van der Waals surface area contributed by atoms with Crippen LogP contribution in [0.25, 0.3) is 0 Å². The summed E-state index contributed by atoms with van der Waals surface area (Å²) in [7, 11) is 0. The zero-order chi connectivity index (χ0) is 13.2. The van der Waals surface area contributed by atoms with Crippen molar-refractivity contribution in [2.75, 3.05) is 0 Å². The van der Waals surface area contributed by atoms with Gasteiger partial charge in [-0.05, 0) is 44.4 Å². The monoisotopic (exact) mass is 276 g/mol. The van der Waals surface area contributed by atoms with E-state index in [2.05, 4.69) is 27.8 Å². The lowest BCUT2D eigenvalue weighted by Gasteiger charge is -2.17. The molecule has 1 aromatic heterocycles. The minimum Gasteiger partial charge on any atom is -0.347 e. The van der Waals surface area contributed by atoms with Crippen molar-refractivity contribution in [3.63, 3.8) is 0 Å². The van der Waals surface area contributed by atoms with E-state index in [4.69, 9.17) is 0 Å². The Morgan fingerprint density at radius 3 is 2.95 bits per heavy atom. The van der Waals surface area contributed by atoms with Crippen molar-refractivity contribution in [3.8, 4) is 0 Å². The Balaban J connectivity index is 1.61. The number of hydrogen-bond acceptors (Lipinski definition) is 3. The van der Waals surface area contributed by atoms with Crippen molar-refractivity contribution < 1.29 is 4.79 Å². The average Bonchev–Trinajstić information content (AvgIpc) is 2.93. The van der Waals surface area contributed by atoms with Gasteiger partial charge in [0.1, 0.15) is 5.01 Å². The highest BCUT2D eigenvalue weighted by molar-refractivity contribution is 7.09. The van der Waals surface area contributed by atoms with Crippen LogP contribution < -0.4 is 5.32 Å². The van der Waals surface area contributed by atoms with E-state index in [0.29, 0.717) is 18.3 Å². The van der Waals surface area contributed by atoms with Crippen LogP contribution in [0.15, 0.2) is 17.5 Å². The van der Waals surface area contributed by atoms with E-state index >= 15 is 0 Å². The van der Waals surface area contributed by atoms with Gasteiger partial charge in [0.15, 0.2) is 0 Å². The number of rotatable bonds is 5. The smallest absolute Gasteiger partial charge is 0.221 e. The fourth-order valence-corrected chi connectivity index (χ4v) is 3.60. The van der Waals surface area contributed by atoms with Crippen LogP contribution in [0.2, 0.25) is 0 Å². The van der Waals surface area contributed by atoms with Gasteiger partial charge >= 0.3 is 0 Å². The molecule has 1 heterocycles. The van der Waals surface area contributed by atoms with Crippen LogP contribution in [0.3, 0.4) is 0 Å². The zero-order valence-electron chi connectivity index (χ0n) is 11.3. The van der Waals surface area contributed by atoms with Gasteiger partial charge in [0, 0.05) is 17.5 Å². The molecule has 0 saturated heterocycles. The first-order valence-electron chi connectivity index (χ1n) is 7.10. The fraction of sp³-hybridized carbons (Fsp3) is 0.600. The minimum absolute atomic E-state index is 0.150. The summed E-state index contributed by atoms with van der Waals surface area (Å²) in [6.45, 7) is 2.01. The molecule has 19 heavy (non-hydrogen) atoms. The number of nitrogens with zero attached hydrogens (tertiary/aromatic N) is 1. The Bertz CT molecular complexity index is 490. The van der Waals surface area contributed by atoms with E-state index in [-0.39, 0.29) is 11.9 Å². The molecule has 3 nitrogen and oxygen atoms in total. The number of carbonyl (C=O) groups excluding carboxylic acids is 1. The van der Waals surface area contributed by atoms with E-state index in [1.165, 1.54) is 12.8 Å². The van der Waals surface area contributed by atoms with Gasteiger partial charge < -0.3 is 5.32 Å². The van der Waals surface area contributed by atoms with Gasteiger partial charge in [-0.15, -0.1) is 11.3 Å². The van der Waals surface area contributed by atoms with Crippen LogP contribution in [0.5, 0.6) is 0 Å². The predicted molar refractivity (Wildman–Crippen MR) is 76.9 cm³/mol. The Kier molecular flexibility index (Phi) is 3.69. The third-order valence-electron chi connectivity index (χ3n) is 3.87. The number of thiazole rings is 1. The van der Waals surface area contributed by atoms with E-state index in [0.717, 1.165) is 23.5 Å². The van der Waals surface area contributed by atoms with Crippen LogP contribution in [-0.4, -0.2) is 10.9 Å².